The van der Waals surface area contributed by atoms with Gasteiger partial charge in [0.15, 0.2) is 0 Å². The number of benzene rings is 1. The fourth-order valence-electron chi connectivity index (χ4n) is 3.48. The molecule has 126 valence electrons. The third-order valence-electron chi connectivity index (χ3n) is 4.83. The second kappa shape index (κ2) is 6.52. The molecule has 0 N–H and O–H groups in total. The first-order valence-corrected chi connectivity index (χ1v) is 8.69. The lowest BCUT2D eigenvalue weighted by Crippen LogP contribution is -2.62. The standard InChI is InChI=1S/C19H28N2O2/c1-19(2,3)23-18(22)21-13-17(14-21)20-11-9-16(10-12-20)15-7-5-4-6-8-15/h4-8,16-17H,9-14H2,1-3H3. The van der Waals surface area contributed by atoms with Crippen LogP contribution in [0.3, 0.4) is 0 Å². The number of ether oxygens (including phenoxy) is 1. The Balaban J connectivity index is 1.43. The van der Waals surface area contributed by atoms with Gasteiger partial charge in [-0.2, -0.15) is 0 Å². The fraction of sp³-hybridized carbons (Fsp3) is 0.632. The van der Waals surface area contributed by atoms with E-state index in [0.717, 1.165) is 26.2 Å². The topological polar surface area (TPSA) is 32.8 Å². The molecule has 0 radical (unpaired) electrons. The van der Waals surface area contributed by atoms with Gasteiger partial charge in [0.05, 0.1) is 0 Å². The Kier molecular flexibility index (Phi) is 4.62. The molecule has 0 unspecified atom stereocenters. The van der Waals surface area contributed by atoms with Gasteiger partial charge in [0.1, 0.15) is 5.60 Å². The van der Waals surface area contributed by atoms with Gasteiger partial charge in [-0.05, 0) is 58.2 Å². The SMILES string of the molecule is CC(C)(C)OC(=O)N1CC(N2CCC(c3ccccc3)CC2)C1. The molecule has 2 saturated heterocycles. The molecule has 4 heteroatoms. The molecule has 0 atom stereocenters. The van der Waals surface area contributed by atoms with E-state index in [1.54, 1.807) is 0 Å². The summed E-state index contributed by atoms with van der Waals surface area (Å²) in [5.74, 6) is 0.689. The van der Waals surface area contributed by atoms with Gasteiger partial charge in [-0.1, -0.05) is 30.3 Å². The second-order valence-corrected chi connectivity index (χ2v) is 7.76. The Hall–Kier alpha value is -1.55. The van der Waals surface area contributed by atoms with Crippen LogP contribution in [0.1, 0.15) is 45.1 Å². The Morgan fingerprint density at radius 1 is 1.09 bits per heavy atom. The first kappa shape index (κ1) is 16.3. The van der Waals surface area contributed by atoms with Crippen LogP contribution < -0.4 is 0 Å². The van der Waals surface area contributed by atoms with Crippen molar-refractivity contribution in [2.75, 3.05) is 26.2 Å². The maximum Gasteiger partial charge on any atom is 0.410 e. The van der Waals surface area contributed by atoms with Crippen molar-refractivity contribution >= 4 is 6.09 Å². The summed E-state index contributed by atoms with van der Waals surface area (Å²) in [6, 6.07) is 11.3. The van der Waals surface area contributed by atoms with Crippen LogP contribution in [0.2, 0.25) is 0 Å². The Morgan fingerprint density at radius 2 is 1.70 bits per heavy atom. The Morgan fingerprint density at radius 3 is 2.26 bits per heavy atom. The molecule has 0 aliphatic carbocycles. The van der Waals surface area contributed by atoms with E-state index in [2.05, 4.69) is 35.2 Å². The van der Waals surface area contributed by atoms with Gasteiger partial charge < -0.3 is 9.64 Å². The highest BCUT2D eigenvalue weighted by atomic mass is 16.6. The van der Waals surface area contributed by atoms with Crippen LogP contribution in [-0.4, -0.2) is 53.7 Å². The number of nitrogens with zero attached hydrogens (tertiary/aromatic N) is 2. The molecule has 23 heavy (non-hydrogen) atoms. The van der Waals surface area contributed by atoms with Crippen molar-refractivity contribution in [3.8, 4) is 0 Å². The highest BCUT2D eigenvalue weighted by Gasteiger charge is 2.38. The number of carbonyl (C=O) groups is 1. The minimum atomic E-state index is -0.407. The number of piperidine rings is 1. The lowest BCUT2D eigenvalue weighted by Gasteiger charge is -2.47. The van der Waals surface area contributed by atoms with Crippen LogP contribution in [0.25, 0.3) is 0 Å². The summed E-state index contributed by atoms with van der Waals surface area (Å²) >= 11 is 0. The van der Waals surface area contributed by atoms with E-state index in [1.807, 2.05) is 25.7 Å². The molecule has 2 fully saturated rings. The van der Waals surface area contributed by atoms with E-state index in [1.165, 1.54) is 18.4 Å². The number of amides is 1. The summed E-state index contributed by atoms with van der Waals surface area (Å²) < 4.78 is 5.42. The molecule has 2 aliphatic rings. The number of hydrogen-bond acceptors (Lipinski definition) is 3. The number of carbonyl (C=O) groups excluding carboxylic acids is 1. The summed E-state index contributed by atoms with van der Waals surface area (Å²) in [5.41, 5.74) is 1.06. The summed E-state index contributed by atoms with van der Waals surface area (Å²) in [4.78, 5) is 16.4. The van der Waals surface area contributed by atoms with Gasteiger partial charge in [0.2, 0.25) is 0 Å². The molecule has 2 heterocycles. The molecular formula is C19H28N2O2. The molecular weight excluding hydrogens is 288 g/mol. The zero-order valence-corrected chi connectivity index (χ0v) is 14.5. The van der Waals surface area contributed by atoms with Crippen molar-refractivity contribution in [1.82, 2.24) is 9.80 Å². The van der Waals surface area contributed by atoms with Crippen molar-refractivity contribution < 1.29 is 9.53 Å². The van der Waals surface area contributed by atoms with Crippen LogP contribution >= 0.6 is 0 Å². The van der Waals surface area contributed by atoms with Crippen LogP contribution in [0.4, 0.5) is 4.79 Å². The molecule has 1 amide bonds. The maximum absolute atomic E-state index is 12.0. The van der Waals surface area contributed by atoms with Crippen LogP contribution in [0, 0.1) is 0 Å². The van der Waals surface area contributed by atoms with Crippen molar-refractivity contribution in [3.05, 3.63) is 35.9 Å². The van der Waals surface area contributed by atoms with Crippen molar-refractivity contribution in [2.24, 2.45) is 0 Å². The van der Waals surface area contributed by atoms with Crippen LogP contribution in [-0.2, 0) is 4.74 Å². The zero-order valence-electron chi connectivity index (χ0n) is 14.5. The van der Waals surface area contributed by atoms with Gasteiger partial charge in [-0.25, -0.2) is 4.79 Å². The van der Waals surface area contributed by atoms with E-state index in [4.69, 9.17) is 4.74 Å². The monoisotopic (exact) mass is 316 g/mol. The minimum Gasteiger partial charge on any atom is -0.444 e. The van der Waals surface area contributed by atoms with Crippen molar-refractivity contribution in [1.29, 1.82) is 0 Å². The summed E-state index contributed by atoms with van der Waals surface area (Å²) in [6.07, 6.45) is 2.26. The van der Waals surface area contributed by atoms with Crippen LogP contribution in [0.15, 0.2) is 30.3 Å². The predicted molar refractivity (Wildman–Crippen MR) is 91.6 cm³/mol. The zero-order chi connectivity index (χ0) is 16.4. The number of hydrogen-bond donors (Lipinski definition) is 0. The lowest BCUT2D eigenvalue weighted by atomic mass is 9.88. The van der Waals surface area contributed by atoms with Gasteiger partial charge >= 0.3 is 6.09 Å². The summed E-state index contributed by atoms with van der Waals surface area (Å²) in [5, 5.41) is 0. The van der Waals surface area contributed by atoms with E-state index in [0.29, 0.717) is 12.0 Å². The van der Waals surface area contributed by atoms with E-state index in [-0.39, 0.29) is 6.09 Å². The molecule has 0 spiro atoms. The first-order valence-electron chi connectivity index (χ1n) is 8.69. The van der Waals surface area contributed by atoms with Gasteiger partial charge in [0.25, 0.3) is 0 Å². The largest absolute Gasteiger partial charge is 0.444 e. The highest BCUT2D eigenvalue weighted by molar-refractivity contribution is 5.69. The molecule has 2 aliphatic heterocycles. The second-order valence-electron chi connectivity index (χ2n) is 7.76. The number of rotatable bonds is 2. The third kappa shape index (κ3) is 4.05. The van der Waals surface area contributed by atoms with Crippen molar-refractivity contribution in [2.45, 2.75) is 51.2 Å². The van der Waals surface area contributed by atoms with E-state index in [9.17, 15) is 4.79 Å². The first-order chi connectivity index (χ1) is 10.9. The van der Waals surface area contributed by atoms with E-state index < -0.39 is 5.60 Å². The normalized spacial score (nSPS) is 21.1. The molecule has 3 rings (SSSR count). The molecule has 0 aromatic heterocycles. The fourth-order valence-corrected chi connectivity index (χ4v) is 3.48. The average molecular weight is 316 g/mol. The predicted octanol–water partition coefficient (Wildman–Crippen LogP) is 3.49. The van der Waals surface area contributed by atoms with Gasteiger partial charge in [-0.3, -0.25) is 4.90 Å². The Labute approximate surface area is 139 Å². The molecule has 1 aromatic rings. The average Bonchev–Trinajstić information content (AvgIpc) is 2.45. The maximum atomic E-state index is 12.0. The van der Waals surface area contributed by atoms with E-state index >= 15 is 0 Å². The lowest BCUT2D eigenvalue weighted by molar-refractivity contribution is -0.0196. The number of likely N-dealkylation sites (tertiary alicyclic amines) is 2. The Bertz CT molecular complexity index is 524. The van der Waals surface area contributed by atoms with Crippen LogP contribution in [0.5, 0.6) is 0 Å². The molecule has 4 nitrogen and oxygen atoms in total. The van der Waals surface area contributed by atoms with Gasteiger partial charge in [0, 0.05) is 19.1 Å². The molecule has 1 aromatic carbocycles. The minimum absolute atomic E-state index is 0.173. The smallest absolute Gasteiger partial charge is 0.410 e. The van der Waals surface area contributed by atoms with Gasteiger partial charge in [-0.15, -0.1) is 0 Å². The van der Waals surface area contributed by atoms with Crippen molar-refractivity contribution in [3.63, 3.8) is 0 Å². The summed E-state index contributed by atoms with van der Waals surface area (Å²) in [6.45, 7) is 9.62. The molecule has 0 saturated carbocycles. The quantitative estimate of drug-likeness (QED) is 0.837. The summed E-state index contributed by atoms with van der Waals surface area (Å²) in [7, 11) is 0. The molecule has 0 bridgehead atoms. The highest BCUT2D eigenvalue weighted by Crippen LogP contribution is 2.30. The third-order valence-corrected chi connectivity index (χ3v) is 4.83.